The molecule has 3 rings (SSSR count). The van der Waals surface area contributed by atoms with Gasteiger partial charge in [-0.25, -0.2) is 0 Å². The topological polar surface area (TPSA) is 52.0 Å². The average Bonchev–Trinajstić information content (AvgIpc) is 2.49. The van der Waals surface area contributed by atoms with Gasteiger partial charge in [0, 0.05) is 11.4 Å². The van der Waals surface area contributed by atoms with Gasteiger partial charge in [0.05, 0.1) is 0 Å². The Morgan fingerprint density at radius 3 is 1.45 bits per heavy atom. The van der Waals surface area contributed by atoms with E-state index in [1.54, 1.807) is 0 Å². The number of nitrogens with two attached hydrogens (primary N) is 2. The smallest absolute Gasteiger partial charge is 0.0314 e. The van der Waals surface area contributed by atoms with Crippen LogP contribution in [0.3, 0.4) is 0 Å². The van der Waals surface area contributed by atoms with Gasteiger partial charge in [0.15, 0.2) is 0 Å². The highest BCUT2D eigenvalue weighted by atomic mass is 14.5. The van der Waals surface area contributed by atoms with Crippen LogP contribution in [0.2, 0.25) is 0 Å². The first-order valence-corrected chi connectivity index (χ1v) is 7.43. The van der Waals surface area contributed by atoms with Crippen molar-refractivity contribution in [3.05, 3.63) is 59.7 Å². The quantitative estimate of drug-likeness (QED) is 0.796. The van der Waals surface area contributed by atoms with Gasteiger partial charge in [0.1, 0.15) is 0 Å². The van der Waals surface area contributed by atoms with Crippen LogP contribution in [0.5, 0.6) is 0 Å². The Morgan fingerprint density at radius 2 is 1.05 bits per heavy atom. The van der Waals surface area contributed by atoms with Crippen molar-refractivity contribution < 1.29 is 0 Å². The summed E-state index contributed by atoms with van der Waals surface area (Å²) >= 11 is 0. The van der Waals surface area contributed by atoms with E-state index in [1.165, 1.54) is 36.8 Å². The first-order valence-electron chi connectivity index (χ1n) is 7.43. The molecule has 0 radical (unpaired) electrons. The van der Waals surface area contributed by atoms with Crippen LogP contribution < -0.4 is 11.5 Å². The molecule has 2 unspecified atom stereocenters. The zero-order valence-electron chi connectivity index (χ0n) is 11.8. The fraction of sp³-hybridized carbons (Fsp3) is 0.333. The van der Waals surface area contributed by atoms with E-state index in [0.29, 0.717) is 11.8 Å². The molecule has 104 valence electrons. The lowest BCUT2D eigenvalue weighted by molar-refractivity contribution is 0.394. The molecule has 1 saturated carbocycles. The summed E-state index contributed by atoms with van der Waals surface area (Å²) in [6.07, 6.45) is 5.10. The third-order valence-electron chi connectivity index (χ3n) is 4.49. The van der Waals surface area contributed by atoms with Gasteiger partial charge in [-0.3, -0.25) is 0 Å². The molecule has 2 nitrogen and oxygen atoms in total. The molecule has 0 aliphatic heterocycles. The van der Waals surface area contributed by atoms with E-state index >= 15 is 0 Å². The normalized spacial score (nSPS) is 22.6. The molecular weight excluding hydrogens is 244 g/mol. The summed E-state index contributed by atoms with van der Waals surface area (Å²) in [5.41, 5.74) is 16.1. The second-order valence-electron chi connectivity index (χ2n) is 5.89. The van der Waals surface area contributed by atoms with Crippen molar-refractivity contribution in [3.63, 3.8) is 0 Å². The fourth-order valence-electron chi connectivity index (χ4n) is 3.33. The lowest BCUT2D eigenvalue weighted by atomic mass is 9.75. The van der Waals surface area contributed by atoms with E-state index in [9.17, 15) is 0 Å². The number of nitrogen functional groups attached to an aromatic ring is 2. The van der Waals surface area contributed by atoms with Gasteiger partial charge >= 0.3 is 0 Å². The van der Waals surface area contributed by atoms with Crippen LogP contribution in [0, 0.1) is 0 Å². The van der Waals surface area contributed by atoms with Gasteiger partial charge in [0.25, 0.3) is 0 Å². The van der Waals surface area contributed by atoms with E-state index < -0.39 is 0 Å². The number of anilines is 2. The van der Waals surface area contributed by atoms with Crippen molar-refractivity contribution in [2.24, 2.45) is 0 Å². The SMILES string of the molecule is Nc1ccc(C2CCCC(c3ccc(N)cc3)C2)cc1. The van der Waals surface area contributed by atoms with Gasteiger partial charge in [-0.1, -0.05) is 30.7 Å². The lowest BCUT2D eigenvalue weighted by Gasteiger charge is -2.30. The molecule has 0 amide bonds. The highest BCUT2D eigenvalue weighted by Crippen LogP contribution is 2.41. The van der Waals surface area contributed by atoms with Crippen molar-refractivity contribution in [2.45, 2.75) is 37.5 Å². The van der Waals surface area contributed by atoms with Crippen molar-refractivity contribution in [1.82, 2.24) is 0 Å². The lowest BCUT2D eigenvalue weighted by Crippen LogP contribution is -2.13. The molecular formula is C18H22N2. The second kappa shape index (κ2) is 5.58. The standard InChI is InChI=1S/C18H22N2/c19-17-8-4-13(5-9-17)15-2-1-3-16(12-15)14-6-10-18(20)11-7-14/h4-11,15-16H,1-3,12,19-20H2. The van der Waals surface area contributed by atoms with Crippen molar-refractivity contribution in [3.8, 4) is 0 Å². The Morgan fingerprint density at radius 1 is 0.650 bits per heavy atom. The Kier molecular flexibility index (Phi) is 3.64. The predicted molar refractivity (Wildman–Crippen MR) is 85.7 cm³/mol. The van der Waals surface area contributed by atoms with Gasteiger partial charge < -0.3 is 11.5 Å². The van der Waals surface area contributed by atoms with Crippen LogP contribution in [0.25, 0.3) is 0 Å². The minimum Gasteiger partial charge on any atom is -0.399 e. The maximum atomic E-state index is 5.78. The Bertz CT molecular complexity index is 505. The average molecular weight is 266 g/mol. The monoisotopic (exact) mass is 266 g/mol. The zero-order chi connectivity index (χ0) is 13.9. The molecule has 0 spiro atoms. The van der Waals surface area contributed by atoms with Crippen LogP contribution in [0.1, 0.15) is 48.6 Å². The number of hydrogen-bond donors (Lipinski definition) is 2. The molecule has 1 fully saturated rings. The van der Waals surface area contributed by atoms with Crippen molar-refractivity contribution in [1.29, 1.82) is 0 Å². The molecule has 2 heteroatoms. The largest absolute Gasteiger partial charge is 0.399 e. The van der Waals surface area contributed by atoms with E-state index in [4.69, 9.17) is 11.5 Å². The Labute approximate surface area is 120 Å². The summed E-state index contributed by atoms with van der Waals surface area (Å²) in [4.78, 5) is 0. The highest BCUT2D eigenvalue weighted by molar-refractivity contribution is 5.42. The zero-order valence-corrected chi connectivity index (χ0v) is 11.8. The van der Waals surface area contributed by atoms with Gasteiger partial charge in [-0.2, -0.15) is 0 Å². The predicted octanol–water partition coefficient (Wildman–Crippen LogP) is 4.29. The molecule has 1 aliphatic rings. The molecule has 0 saturated heterocycles. The van der Waals surface area contributed by atoms with Gasteiger partial charge in [-0.05, 0) is 66.5 Å². The third kappa shape index (κ3) is 2.79. The third-order valence-corrected chi connectivity index (χ3v) is 4.49. The summed E-state index contributed by atoms with van der Waals surface area (Å²) < 4.78 is 0. The van der Waals surface area contributed by atoms with Crippen LogP contribution in [-0.4, -0.2) is 0 Å². The molecule has 2 aromatic carbocycles. The molecule has 20 heavy (non-hydrogen) atoms. The number of benzene rings is 2. The maximum absolute atomic E-state index is 5.78. The first kappa shape index (κ1) is 13.0. The Hall–Kier alpha value is -1.96. The highest BCUT2D eigenvalue weighted by Gasteiger charge is 2.24. The van der Waals surface area contributed by atoms with Crippen molar-refractivity contribution >= 4 is 11.4 Å². The second-order valence-corrected chi connectivity index (χ2v) is 5.89. The maximum Gasteiger partial charge on any atom is 0.0314 e. The summed E-state index contributed by atoms with van der Waals surface area (Å²) in [5, 5.41) is 0. The summed E-state index contributed by atoms with van der Waals surface area (Å²) in [5.74, 6) is 1.32. The van der Waals surface area contributed by atoms with E-state index in [1.807, 2.05) is 24.3 Å². The summed E-state index contributed by atoms with van der Waals surface area (Å²) in [6.45, 7) is 0. The van der Waals surface area contributed by atoms with Crippen molar-refractivity contribution in [2.75, 3.05) is 11.5 Å². The van der Waals surface area contributed by atoms with Crippen LogP contribution in [0.4, 0.5) is 11.4 Å². The fourth-order valence-corrected chi connectivity index (χ4v) is 3.33. The van der Waals surface area contributed by atoms with Crippen LogP contribution in [-0.2, 0) is 0 Å². The molecule has 2 aromatic rings. The minimum absolute atomic E-state index is 0.659. The van der Waals surface area contributed by atoms with E-state index in [0.717, 1.165) is 11.4 Å². The molecule has 1 aliphatic carbocycles. The van der Waals surface area contributed by atoms with Crippen LogP contribution >= 0.6 is 0 Å². The molecule has 0 bridgehead atoms. The van der Waals surface area contributed by atoms with E-state index in [2.05, 4.69) is 24.3 Å². The van der Waals surface area contributed by atoms with Gasteiger partial charge in [0.2, 0.25) is 0 Å². The van der Waals surface area contributed by atoms with Gasteiger partial charge in [-0.15, -0.1) is 0 Å². The van der Waals surface area contributed by atoms with E-state index in [-0.39, 0.29) is 0 Å². The summed E-state index contributed by atoms with van der Waals surface area (Å²) in [7, 11) is 0. The van der Waals surface area contributed by atoms with Crippen LogP contribution in [0.15, 0.2) is 48.5 Å². The number of rotatable bonds is 2. The first-order chi connectivity index (χ1) is 9.72. The number of hydrogen-bond acceptors (Lipinski definition) is 2. The minimum atomic E-state index is 0.659. The Balaban J connectivity index is 1.76. The molecule has 4 N–H and O–H groups in total. The molecule has 0 aromatic heterocycles. The molecule has 0 heterocycles. The summed E-state index contributed by atoms with van der Waals surface area (Å²) in [6, 6.07) is 16.8. The molecule has 2 atom stereocenters.